The molecule has 0 radical (unpaired) electrons. The first-order chi connectivity index (χ1) is 8.83. The van der Waals surface area contributed by atoms with Crippen molar-refractivity contribution in [2.45, 2.75) is 13.2 Å². The third-order valence-corrected chi connectivity index (χ3v) is 2.79. The molecule has 0 heterocycles. The predicted molar refractivity (Wildman–Crippen MR) is 72.8 cm³/mol. The zero-order valence-corrected chi connectivity index (χ0v) is 10.2. The highest BCUT2D eigenvalue weighted by atomic mass is 16.5. The van der Waals surface area contributed by atoms with Crippen molar-refractivity contribution in [3.63, 3.8) is 0 Å². The third-order valence-electron chi connectivity index (χ3n) is 2.79. The molecule has 0 unspecified atom stereocenters. The first kappa shape index (κ1) is 12.4. The number of aliphatic hydroxyl groups is 1. The minimum Gasteiger partial charge on any atom is -0.497 e. The average molecular weight is 240 g/mol. The molecule has 2 aromatic carbocycles. The SMILES string of the molecule is C=COCc1ccc(-c2ccc(CO)cc2)cc1. The summed E-state index contributed by atoms with van der Waals surface area (Å²) < 4.78 is 5.13. The van der Waals surface area contributed by atoms with Gasteiger partial charge < -0.3 is 9.84 Å². The largest absolute Gasteiger partial charge is 0.497 e. The van der Waals surface area contributed by atoms with E-state index in [-0.39, 0.29) is 6.61 Å². The second-order valence-corrected chi connectivity index (χ2v) is 4.03. The maximum absolute atomic E-state index is 9.00. The van der Waals surface area contributed by atoms with Gasteiger partial charge in [0.25, 0.3) is 0 Å². The molecule has 0 amide bonds. The van der Waals surface area contributed by atoms with Crippen LogP contribution >= 0.6 is 0 Å². The summed E-state index contributed by atoms with van der Waals surface area (Å²) in [7, 11) is 0. The van der Waals surface area contributed by atoms with E-state index in [1.165, 1.54) is 6.26 Å². The molecule has 2 aromatic rings. The van der Waals surface area contributed by atoms with E-state index in [4.69, 9.17) is 9.84 Å². The standard InChI is InChI=1S/C16H16O2/c1-2-18-12-14-5-9-16(10-6-14)15-7-3-13(11-17)4-8-15/h2-10,17H,1,11-12H2. The van der Waals surface area contributed by atoms with Gasteiger partial charge in [-0.2, -0.15) is 0 Å². The van der Waals surface area contributed by atoms with E-state index in [1.54, 1.807) is 0 Å². The highest BCUT2D eigenvalue weighted by Crippen LogP contribution is 2.20. The van der Waals surface area contributed by atoms with Crippen LogP contribution in [0, 0.1) is 0 Å². The summed E-state index contributed by atoms with van der Waals surface area (Å²) in [5.41, 5.74) is 4.34. The normalized spacial score (nSPS) is 10.1. The van der Waals surface area contributed by atoms with Crippen LogP contribution < -0.4 is 0 Å². The number of rotatable bonds is 5. The Kier molecular flexibility index (Phi) is 4.15. The fourth-order valence-electron chi connectivity index (χ4n) is 1.75. The summed E-state index contributed by atoms with van der Waals surface area (Å²) in [5.74, 6) is 0. The van der Waals surface area contributed by atoms with Crippen LogP contribution in [0.25, 0.3) is 11.1 Å². The fraction of sp³-hybridized carbons (Fsp3) is 0.125. The monoisotopic (exact) mass is 240 g/mol. The van der Waals surface area contributed by atoms with Crippen LogP contribution in [0.5, 0.6) is 0 Å². The topological polar surface area (TPSA) is 29.5 Å². The molecule has 0 saturated carbocycles. The first-order valence-electron chi connectivity index (χ1n) is 5.85. The maximum atomic E-state index is 9.00. The Morgan fingerprint density at radius 1 is 0.889 bits per heavy atom. The Labute approximate surface area is 107 Å². The van der Waals surface area contributed by atoms with Crippen molar-refractivity contribution in [3.05, 3.63) is 72.5 Å². The Morgan fingerprint density at radius 2 is 1.39 bits per heavy atom. The molecule has 2 rings (SSSR count). The summed E-state index contributed by atoms with van der Waals surface area (Å²) in [4.78, 5) is 0. The van der Waals surface area contributed by atoms with Crippen LogP contribution in [0.3, 0.4) is 0 Å². The molecule has 0 aliphatic rings. The lowest BCUT2D eigenvalue weighted by Crippen LogP contribution is -1.87. The van der Waals surface area contributed by atoms with Crippen LogP contribution in [0.2, 0.25) is 0 Å². The summed E-state index contributed by atoms with van der Waals surface area (Å²) in [6.45, 7) is 4.14. The fourth-order valence-corrected chi connectivity index (χ4v) is 1.75. The minimum absolute atomic E-state index is 0.0815. The van der Waals surface area contributed by atoms with Crippen LogP contribution in [0.1, 0.15) is 11.1 Å². The number of aliphatic hydroxyl groups excluding tert-OH is 1. The number of benzene rings is 2. The Hall–Kier alpha value is -2.06. The van der Waals surface area contributed by atoms with Crippen molar-refractivity contribution in [3.8, 4) is 11.1 Å². The molecule has 0 aliphatic heterocycles. The first-order valence-corrected chi connectivity index (χ1v) is 5.85. The zero-order chi connectivity index (χ0) is 12.8. The molecule has 2 heteroatoms. The van der Waals surface area contributed by atoms with Gasteiger partial charge in [-0.1, -0.05) is 55.1 Å². The van der Waals surface area contributed by atoms with Gasteiger partial charge >= 0.3 is 0 Å². The molecule has 92 valence electrons. The van der Waals surface area contributed by atoms with E-state index in [2.05, 4.69) is 18.7 Å². The lowest BCUT2D eigenvalue weighted by Gasteiger charge is -2.05. The molecule has 0 aromatic heterocycles. The summed E-state index contributed by atoms with van der Waals surface area (Å²) >= 11 is 0. The quantitative estimate of drug-likeness (QED) is 0.810. The highest BCUT2D eigenvalue weighted by molar-refractivity contribution is 5.63. The van der Waals surface area contributed by atoms with Crippen LogP contribution in [-0.2, 0) is 18.0 Å². The number of hydrogen-bond donors (Lipinski definition) is 1. The molecule has 0 saturated heterocycles. The molecule has 0 fully saturated rings. The van der Waals surface area contributed by atoms with Crippen molar-refractivity contribution >= 4 is 0 Å². The predicted octanol–water partition coefficient (Wildman–Crippen LogP) is 3.51. The molecule has 1 N–H and O–H groups in total. The highest BCUT2D eigenvalue weighted by Gasteiger charge is 1.98. The minimum atomic E-state index is 0.0815. The van der Waals surface area contributed by atoms with Crippen molar-refractivity contribution in [1.82, 2.24) is 0 Å². The lowest BCUT2D eigenvalue weighted by atomic mass is 10.0. The third kappa shape index (κ3) is 2.99. The smallest absolute Gasteiger partial charge is 0.112 e. The average Bonchev–Trinajstić information content (AvgIpc) is 2.46. The molecule has 0 bridgehead atoms. The Balaban J connectivity index is 2.14. The van der Waals surface area contributed by atoms with Crippen LogP contribution in [0.15, 0.2) is 61.4 Å². The van der Waals surface area contributed by atoms with Gasteiger partial charge in [-0.25, -0.2) is 0 Å². The van der Waals surface area contributed by atoms with Crippen molar-refractivity contribution in [2.75, 3.05) is 0 Å². The Morgan fingerprint density at radius 3 is 1.83 bits per heavy atom. The van der Waals surface area contributed by atoms with Crippen LogP contribution in [-0.4, -0.2) is 5.11 Å². The molecule has 0 spiro atoms. The summed E-state index contributed by atoms with van der Waals surface area (Å²) in [6, 6.07) is 16.1. The molecular formula is C16H16O2. The van der Waals surface area contributed by atoms with Gasteiger partial charge in [0.1, 0.15) is 6.61 Å². The summed E-state index contributed by atoms with van der Waals surface area (Å²) in [5, 5.41) is 9.00. The number of ether oxygens (including phenoxy) is 1. The van der Waals surface area contributed by atoms with E-state index in [9.17, 15) is 0 Å². The zero-order valence-electron chi connectivity index (χ0n) is 10.2. The lowest BCUT2D eigenvalue weighted by molar-refractivity contribution is 0.238. The molecule has 2 nitrogen and oxygen atoms in total. The van der Waals surface area contributed by atoms with Gasteiger partial charge in [0.2, 0.25) is 0 Å². The maximum Gasteiger partial charge on any atom is 0.112 e. The van der Waals surface area contributed by atoms with Gasteiger partial charge in [0.15, 0.2) is 0 Å². The van der Waals surface area contributed by atoms with Crippen molar-refractivity contribution < 1.29 is 9.84 Å². The van der Waals surface area contributed by atoms with Gasteiger partial charge in [0, 0.05) is 0 Å². The van der Waals surface area contributed by atoms with E-state index in [0.29, 0.717) is 6.61 Å². The van der Waals surface area contributed by atoms with Gasteiger partial charge in [-0.15, -0.1) is 0 Å². The second-order valence-electron chi connectivity index (χ2n) is 4.03. The van der Waals surface area contributed by atoms with Crippen molar-refractivity contribution in [2.24, 2.45) is 0 Å². The summed E-state index contributed by atoms with van der Waals surface area (Å²) in [6.07, 6.45) is 1.45. The molecule has 0 atom stereocenters. The van der Waals surface area contributed by atoms with Gasteiger partial charge in [0.05, 0.1) is 12.9 Å². The van der Waals surface area contributed by atoms with E-state index in [0.717, 1.165) is 22.3 Å². The second kappa shape index (κ2) is 6.03. The molecule has 18 heavy (non-hydrogen) atoms. The molecule has 0 aliphatic carbocycles. The number of hydrogen-bond acceptors (Lipinski definition) is 2. The van der Waals surface area contributed by atoms with E-state index >= 15 is 0 Å². The van der Waals surface area contributed by atoms with E-state index in [1.807, 2.05) is 36.4 Å². The van der Waals surface area contributed by atoms with Gasteiger partial charge in [-0.05, 0) is 22.3 Å². The molecular weight excluding hydrogens is 224 g/mol. The van der Waals surface area contributed by atoms with E-state index < -0.39 is 0 Å². The Bertz CT molecular complexity index is 498. The van der Waals surface area contributed by atoms with Crippen molar-refractivity contribution in [1.29, 1.82) is 0 Å². The van der Waals surface area contributed by atoms with Crippen LogP contribution in [0.4, 0.5) is 0 Å². The van der Waals surface area contributed by atoms with Gasteiger partial charge in [-0.3, -0.25) is 0 Å².